The third-order valence-corrected chi connectivity index (χ3v) is 5.35. The van der Waals surface area contributed by atoms with Crippen molar-refractivity contribution >= 4 is 28.7 Å². The summed E-state index contributed by atoms with van der Waals surface area (Å²) in [4.78, 5) is 20.1. The third-order valence-electron chi connectivity index (χ3n) is 4.19. The lowest BCUT2D eigenvalue weighted by atomic mass is 10.2. The highest BCUT2D eigenvalue weighted by Crippen LogP contribution is 2.28. The van der Waals surface area contributed by atoms with Crippen LogP contribution in [-0.4, -0.2) is 35.8 Å². The number of thioether (sulfide) groups is 1. The Hall–Kier alpha value is -2.67. The number of ether oxygens (including phenoxy) is 2. The first-order valence-electron chi connectivity index (χ1n) is 8.64. The summed E-state index contributed by atoms with van der Waals surface area (Å²) in [5.74, 6) is 2.55. The van der Waals surface area contributed by atoms with E-state index in [4.69, 9.17) is 9.47 Å². The number of nitrogens with zero attached hydrogens (tertiary/aromatic N) is 1. The molecule has 0 bridgehead atoms. The Bertz CT molecular complexity index is 893. The van der Waals surface area contributed by atoms with Gasteiger partial charge < -0.3 is 19.8 Å². The van der Waals surface area contributed by atoms with E-state index < -0.39 is 0 Å². The first-order chi connectivity index (χ1) is 13.1. The molecule has 2 N–H and O–H groups in total. The molecule has 7 heteroatoms. The van der Waals surface area contributed by atoms with Crippen molar-refractivity contribution in [2.24, 2.45) is 0 Å². The average molecular weight is 385 g/mol. The van der Waals surface area contributed by atoms with Crippen molar-refractivity contribution < 1.29 is 14.3 Å². The molecule has 0 radical (unpaired) electrons. The van der Waals surface area contributed by atoms with Gasteiger partial charge >= 0.3 is 0 Å². The quantitative estimate of drug-likeness (QED) is 0.618. The number of carbonyl (C=O) groups is 1. The molecule has 0 aliphatic rings. The van der Waals surface area contributed by atoms with Crippen LogP contribution in [0.25, 0.3) is 11.0 Å². The fraction of sp³-hybridized carbons (Fsp3) is 0.300. The Morgan fingerprint density at radius 1 is 1.19 bits per heavy atom. The van der Waals surface area contributed by atoms with Gasteiger partial charge in [-0.3, -0.25) is 4.79 Å². The van der Waals surface area contributed by atoms with E-state index in [0.717, 1.165) is 22.4 Å². The number of methoxy groups -OCH3 is 2. The fourth-order valence-corrected chi connectivity index (χ4v) is 3.46. The number of aromatic amines is 1. The van der Waals surface area contributed by atoms with Crippen molar-refractivity contribution in [3.05, 3.63) is 53.9 Å². The third kappa shape index (κ3) is 4.74. The number of carbonyl (C=O) groups excluding carboxylic acids is 1. The molecule has 1 atom stereocenters. The number of para-hydroxylation sites is 2. The molecule has 0 saturated carbocycles. The molecule has 0 saturated heterocycles. The first-order valence-corrected chi connectivity index (χ1v) is 9.69. The van der Waals surface area contributed by atoms with Gasteiger partial charge in [-0.15, -0.1) is 11.8 Å². The molecule has 0 aliphatic heterocycles. The van der Waals surface area contributed by atoms with E-state index in [9.17, 15) is 4.79 Å². The average Bonchev–Trinajstić information content (AvgIpc) is 3.14. The number of benzene rings is 2. The van der Waals surface area contributed by atoms with Crippen molar-refractivity contribution in [3.63, 3.8) is 0 Å². The van der Waals surface area contributed by atoms with Crippen LogP contribution in [0.2, 0.25) is 0 Å². The zero-order valence-corrected chi connectivity index (χ0v) is 16.4. The molecule has 1 unspecified atom stereocenters. The van der Waals surface area contributed by atoms with Gasteiger partial charge in [-0.25, -0.2) is 4.98 Å². The number of aromatic nitrogens is 2. The second-order valence-corrected chi connectivity index (χ2v) is 7.39. The molecule has 0 fully saturated rings. The van der Waals surface area contributed by atoms with Gasteiger partial charge in [-0.05, 0) is 36.8 Å². The minimum absolute atomic E-state index is 0.0160. The number of amides is 1. The zero-order valence-electron chi connectivity index (χ0n) is 15.6. The molecule has 6 nitrogen and oxygen atoms in total. The van der Waals surface area contributed by atoms with Gasteiger partial charge in [0.1, 0.15) is 5.82 Å². The van der Waals surface area contributed by atoms with Crippen molar-refractivity contribution in [2.75, 3.05) is 20.0 Å². The van der Waals surface area contributed by atoms with E-state index in [1.165, 1.54) is 0 Å². The predicted molar refractivity (Wildman–Crippen MR) is 108 cm³/mol. The summed E-state index contributed by atoms with van der Waals surface area (Å²) in [6.07, 6.45) is 0. The maximum atomic E-state index is 12.2. The summed E-state index contributed by atoms with van der Waals surface area (Å²) in [5.41, 5.74) is 2.91. The van der Waals surface area contributed by atoms with E-state index in [1.807, 2.05) is 49.4 Å². The Morgan fingerprint density at radius 3 is 2.70 bits per heavy atom. The van der Waals surface area contributed by atoms with E-state index in [-0.39, 0.29) is 11.2 Å². The highest BCUT2D eigenvalue weighted by molar-refractivity contribution is 8.00. The molecule has 27 heavy (non-hydrogen) atoms. The number of fused-ring (bicyclic) bond motifs is 1. The van der Waals surface area contributed by atoms with Gasteiger partial charge in [0.15, 0.2) is 11.5 Å². The molecular weight excluding hydrogens is 362 g/mol. The molecule has 0 spiro atoms. The normalized spacial score (nSPS) is 12.0. The summed E-state index contributed by atoms with van der Waals surface area (Å²) in [7, 11) is 3.19. The molecule has 1 heterocycles. The Kier molecular flexibility index (Phi) is 6.24. The lowest BCUT2D eigenvalue weighted by Gasteiger charge is -2.11. The molecule has 142 valence electrons. The largest absolute Gasteiger partial charge is 0.493 e. The van der Waals surface area contributed by atoms with E-state index in [0.29, 0.717) is 23.8 Å². The summed E-state index contributed by atoms with van der Waals surface area (Å²) in [6, 6.07) is 13.5. The summed E-state index contributed by atoms with van der Waals surface area (Å²) in [5, 5.41) is 3.04. The number of rotatable bonds is 8. The van der Waals surface area contributed by atoms with E-state index >= 15 is 0 Å². The van der Waals surface area contributed by atoms with Crippen LogP contribution in [0.4, 0.5) is 0 Å². The van der Waals surface area contributed by atoms with Crippen molar-refractivity contribution in [2.45, 2.75) is 18.7 Å². The Balaban J connectivity index is 1.50. The Labute approximate surface area is 162 Å². The topological polar surface area (TPSA) is 76.2 Å². The first kappa shape index (κ1) is 19.1. The summed E-state index contributed by atoms with van der Waals surface area (Å²) >= 11 is 1.55. The number of nitrogens with one attached hydrogen (secondary N) is 2. The zero-order chi connectivity index (χ0) is 19.2. The van der Waals surface area contributed by atoms with Gasteiger partial charge in [0.2, 0.25) is 5.91 Å². The number of H-pyrrole nitrogens is 1. The number of hydrogen-bond acceptors (Lipinski definition) is 5. The van der Waals surface area contributed by atoms with E-state index in [1.54, 1.807) is 26.0 Å². The van der Waals surface area contributed by atoms with Crippen LogP contribution in [-0.2, 0) is 11.3 Å². The summed E-state index contributed by atoms with van der Waals surface area (Å²) in [6.45, 7) is 2.49. The van der Waals surface area contributed by atoms with Crippen molar-refractivity contribution in [3.8, 4) is 11.5 Å². The van der Waals surface area contributed by atoms with Gasteiger partial charge in [-0.1, -0.05) is 18.2 Å². The van der Waals surface area contributed by atoms with Gasteiger partial charge in [-0.2, -0.15) is 0 Å². The molecule has 0 aliphatic carbocycles. The molecular formula is C20H23N3O3S. The molecule has 1 amide bonds. The lowest BCUT2D eigenvalue weighted by Crippen LogP contribution is -2.24. The highest BCUT2D eigenvalue weighted by Gasteiger charge is 2.13. The standard InChI is InChI=1S/C20H23N3O3S/c1-13(20-22-15-6-4-5-7-16(15)23-20)27-12-19(24)21-11-14-8-9-17(25-2)18(10-14)26-3/h4-10,13H,11-12H2,1-3H3,(H,21,24)(H,22,23). The molecule has 3 rings (SSSR count). The van der Waals surface area contributed by atoms with Crippen LogP contribution in [0.1, 0.15) is 23.6 Å². The molecule has 2 aromatic carbocycles. The van der Waals surface area contributed by atoms with Crippen molar-refractivity contribution in [1.29, 1.82) is 0 Å². The minimum Gasteiger partial charge on any atom is -0.493 e. The van der Waals surface area contributed by atoms with Crippen LogP contribution >= 0.6 is 11.8 Å². The molecule has 3 aromatic rings. The van der Waals surface area contributed by atoms with Crippen LogP contribution < -0.4 is 14.8 Å². The number of imidazole rings is 1. The van der Waals surface area contributed by atoms with Gasteiger partial charge in [0.25, 0.3) is 0 Å². The maximum Gasteiger partial charge on any atom is 0.230 e. The summed E-state index contributed by atoms with van der Waals surface area (Å²) < 4.78 is 10.5. The highest BCUT2D eigenvalue weighted by atomic mass is 32.2. The molecule has 1 aromatic heterocycles. The van der Waals surface area contributed by atoms with Crippen molar-refractivity contribution in [1.82, 2.24) is 15.3 Å². The van der Waals surface area contributed by atoms with E-state index in [2.05, 4.69) is 15.3 Å². The second-order valence-electron chi connectivity index (χ2n) is 6.06. The fourth-order valence-electron chi connectivity index (χ4n) is 2.69. The van der Waals surface area contributed by atoms with Gasteiger partial charge in [0.05, 0.1) is 36.3 Å². The van der Waals surface area contributed by atoms with Crippen LogP contribution in [0.5, 0.6) is 11.5 Å². The SMILES string of the molecule is COc1ccc(CNC(=O)CSC(C)c2nc3ccccc3[nH]2)cc1OC. The second kappa shape index (κ2) is 8.81. The van der Waals surface area contributed by atoms with Crippen LogP contribution in [0.3, 0.4) is 0 Å². The monoisotopic (exact) mass is 385 g/mol. The smallest absolute Gasteiger partial charge is 0.230 e. The lowest BCUT2D eigenvalue weighted by molar-refractivity contribution is -0.118. The minimum atomic E-state index is -0.0160. The van der Waals surface area contributed by atoms with Crippen LogP contribution in [0, 0.1) is 0 Å². The van der Waals surface area contributed by atoms with Gasteiger partial charge in [0, 0.05) is 6.54 Å². The predicted octanol–water partition coefficient (Wildman–Crippen LogP) is 3.69. The maximum absolute atomic E-state index is 12.2. The van der Waals surface area contributed by atoms with Crippen LogP contribution in [0.15, 0.2) is 42.5 Å². The Morgan fingerprint density at radius 2 is 1.96 bits per heavy atom. The number of hydrogen-bond donors (Lipinski definition) is 2.